The van der Waals surface area contributed by atoms with E-state index in [9.17, 15) is 0 Å². The fourth-order valence-electron chi connectivity index (χ4n) is 0. The van der Waals surface area contributed by atoms with Crippen molar-refractivity contribution in [1.29, 1.82) is 0 Å². The SMILES string of the molecule is C[N-]C.C[N-]C.[CH3-].[CH3-].[Ti+4]. The fraction of sp³-hybridized carbons (Fsp3) is 0.667. The van der Waals surface area contributed by atoms with E-state index in [0.717, 1.165) is 0 Å². The smallest absolute Gasteiger partial charge is 0.668 e. The third kappa shape index (κ3) is 945. The van der Waals surface area contributed by atoms with Crippen LogP contribution in [0.3, 0.4) is 0 Å². The van der Waals surface area contributed by atoms with Crippen LogP contribution in [0, 0.1) is 14.9 Å². The van der Waals surface area contributed by atoms with Gasteiger partial charge in [0.1, 0.15) is 0 Å². The normalized spacial score (nSPS) is 4.00. The zero-order valence-corrected chi connectivity index (χ0v) is 8.96. The van der Waals surface area contributed by atoms with Gasteiger partial charge in [0.2, 0.25) is 0 Å². The molecule has 0 fully saturated rings. The van der Waals surface area contributed by atoms with Gasteiger partial charge in [-0.25, -0.2) is 0 Å². The maximum Gasteiger partial charge on any atom is 4.00 e. The molecule has 0 spiro atoms. The van der Waals surface area contributed by atoms with Gasteiger partial charge in [-0.3, -0.25) is 0 Å². The molecule has 0 radical (unpaired) electrons. The molecule has 0 saturated carbocycles. The second-order valence-electron chi connectivity index (χ2n) is 0.894. The molecular formula is C6H18N2Ti. The first-order valence-corrected chi connectivity index (χ1v) is 1.79. The van der Waals surface area contributed by atoms with Crippen LogP contribution < -0.4 is 0 Å². The monoisotopic (exact) mass is 166 g/mol. The second kappa shape index (κ2) is 72.5. The van der Waals surface area contributed by atoms with E-state index in [1.165, 1.54) is 0 Å². The summed E-state index contributed by atoms with van der Waals surface area (Å²) in [7, 11) is 7.00. The maximum atomic E-state index is 3.50. The molecule has 0 unspecified atom stereocenters. The Morgan fingerprint density at radius 1 is 0.667 bits per heavy atom. The van der Waals surface area contributed by atoms with Gasteiger partial charge in [-0.05, 0) is 0 Å². The van der Waals surface area contributed by atoms with Crippen molar-refractivity contribution in [2.75, 3.05) is 28.2 Å². The second-order valence-corrected chi connectivity index (χ2v) is 0.894. The predicted molar refractivity (Wildman–Crippen MR) is 43.2 cm³/mol. The summed E-state index contributed by atoms with van der Waals surface area (Å²) in [6.45, 7) is 0. The van der Waals surface area contributed by atoms with E-state index in [0.29, 0.717) is 0 Å². The third-order valence-electron chi connectivity index (χ3n) is 0. The van der Waals surface area contributed by atoms with Gasteiger partial charge in [-0.2, -0.15) is 28.2 Å². The number of rotatable bonds is 0. The minimum atomic E-state index is 0. The van der Waals surface area contributed by atoms with Gasteiger partial charge in [-0.15, -0.1) is 0 Å². The van der Waals surface area contributed by atoms with Crippen LogP contribution in [0.15, 0.2) is 0 Å². The number of hydrogen-bond donors (Lipinski definition) is 0. The van der Waals surface area contributed by atoms with Gasteiger partial charge in [0.25, 0.3) is 0 Å². The maximum absolute atomic E-state index is 3.50. The summed E-state index contributed by atoms with van der Waals surface area (Å²) in [5.74, 6) is 0. The van der Waals surface area contributed by atoms with Gasteiger partial charge in [0.05, 0.1) is 0 Å². The molecule has 0 bridgehead atoms. The standard InChI is InChI=1S/2C2H6N.2CH3.Ti/c2*1-3-2;;;/h2*1-2H3;2*1H3;/q4*-1;+4. The summed E-state index contributed by atoms with van der Waals surface area (Å²) in [6, 6.07) is 0. The van der Waals surface area contributed by atoms with Crippen molar-refractivity contribution in [3.05, 3.63) is 25.5 Å². The van der Waals surface area contributed by atoms with E-state index < -0.39 is 0 Å². The molecule has 0 rings (SSSR count). The Morgan fingerprint density at radius 3 is 0.667 bits per heavy atom. The first kappa shape index (κ1) is 33.4. The summed E-state index contributed by atoms with van der Waals surface area (Å²) in [5.41, 5.74) is 0. The third-order valence-corrected chi connectivity index (χ3v) is 0. The average Bonchev–Trinajstić information content (AvgIpc) is 1.39. The Hall–Kier alpha value is 0.634. The topological polar surface area (TPSA) is 28.2 Å². The first-order chi connectivity index (χ1) is 2.83. The molecule has 56 valence electrons. The average molecular weight is 166 g/mol. The molecule has 3 heteroatoms. The molecule has 0 aromatic heterocycles. The van der Waals surface area contributed by atoms with E-state index in [1.807, 2.05) is 0 Å². The van der Waals surface area contributed by atoms with Crippen molar-refractivity contribution < 1.29 is 21.7 Å². The molecule has 0 heterocycles. The van der Waals surface area contributed by atoms with E-state index in [-0.39, 0.29) is 36.6 Å². The molecule has 0 saturated heterocycles. The van der Waals surface area contributed by atoms with Crippen LogP contribution in [0.5, 0.6) is 0 Å². The largest absolute Gasteiger partial charge is 4.00 e. The number of nitrogens with zero attached hydrogens (tertiary/aromatic N) is 2. The van der Waals surface area contributed by atoms with Crippen LogP contribution in [-0.4, -0.2) is 28.2 Å². The molecule has 0 aliphatic heterocycles. The van der Waals surface area contributed by atoms with Crippen molar-refractivity contribution >= 4 is 0 Å². The first-order valence-electron chi connectivity index (χ1n) is 1.79. The fourth-order valence-corrected chi connectivity index (χ4v) is 0. The zero-order valence-electron chi connectivity index (χ0n) is 7.39. The van der Waals surface area contributed by atoms with Crippen LogP contribution in [-0.2, 0) is 21.7 Å². The summed E-state index contributed by atoms with van der Waals surface area (Å²) in [4.78, 5) is 0. The summed E-state index contributed by atoms with van der Waals surface area (Å²) in [6.07, 6.45) is 0. The molecular weight excluding hydrogens is 148 g/mol. The van der Waals surface area contributed by atoms with Crippen molar-refractivity contribution in [2.45, 2.75) is 0 Å². The molecule has 0 aliphatic carbocycles. The number of hydrogen-bond acceptors (Lipinski definition) is 0. The van der Waals surface area contributed by atoms with Crippen LogP contribution >= 0.6 is 0 Å². The molecule has 2 nitrogen and oxygen atoms in total. The van der Waals surface area contributed by atoms with Gasteiger partial charge in [-0.1, -0.05) is 0 Å². The Bertz CT molecular complexity index is 13.0. The summed E-state index contributed by atoms with van der Waals surface area (Å²) in [5, 5.41) is 7.00. The van der Waals surface area contributed by atoms with E-state index in [1.54, 1.807) is 28.2 Å². The predicted octanol–water partition coefficient (Wildman–Crippen LogP) is 2.14. The van der Waals surface area contributed by atoms with Crippen LogP contribution in [0.4, 0.5) is 0 Å². The molecule has 0 atom stereocenters. The van der Waals surface area contributed by atoms with Crippen LogP contribution in [0.1, 0.15) is 0 Å². The zero-order chi connectivity index (χ0) is 5.41. The Labute approximate surface area is 75.7 Å². The van der Waals surface area contributed by atoms with E-state index in [2.05, 4.69) is 10.6 Å². The summed E-state index contributed by atoms with van der Waals surface area (Å²) < 4.78 is 0. The quantitative estimate of drug-likeness (QED) is 0.389. The molecule has 0 aromatic carbocycles. The van der Waals surface area contributed by atoms with Crippen molar-refractivity contribution in [3.8, 4) is 0 Å². The Balaban J connectivity index is -0.00000000889. The Kier molecular flexibility index (Phi) is 269. The summed E-state index contributed by atoms with van der Waals surface area (Å²) >= 11 is 0. The van der Waals surface area contributed by atoms with Gasteiger partial charge in [0.15, 0.2) is 0 Å². The van der Waals surface area contributed by atoms with Gasteiger partial charge >= 0.3 is 21.7 Å². The molecule has 0 amide bonds. The van der Waals surface area contributed by atoms with Crippen LogP contribution in [0.2, 0.25) is 0 Å². The van der Waals surface area contributed by atoms with E-state index in [4.69, 9.17) is 0 Å². The Morgan fingerprint density at radius 2 is 0.667 bits per heavy atom. The van der Waals surface area contributed by atoms with Crippen LogP contribution in [0.25, 0.3) is 10.6 Å². The molecule has 9 heavy (non-hydrogen) atoms. The van der Waals surface area contributed by atoms with Crippen molar-refractivity contribution in [3.63, 3.8) is 0 Å². The van der Waals surface area contributed by atoms with Gasteiger partial charge in [0, 0.05) is 0 Å². The van der Waals surface area contributed by atoms with Gasteiger partial charge < -0.3 is 25.5 Å². The minimum Gasteiger partial charge on any atom is -0.668 e. The molecule has 0 aliphatic rings. The molecule has 0 aromatic rings. The molecule has 0 N–H and O–H groups in total. The minimum absolute atomic E-state index is 0. The van der Waals surface area contributed by atoms with Crippen molar-refractivity contribution in [1.82, 2.24) is 0 Å². The van der Waals surface area contributed by atoms with Crippen molar-refractivity contribution in [2.24, 2.45) is 0 Å². The van der Waals surface area contributed by atoms with E-state index >= 15 is 0 Å².